The van der Waals surface area contributed by atoms with E-state index in [1.54, 1.807) is 0 Å². The second kappa shape index (κ2) is 29.0. The van der Waals surface area contributed by atoms with Gasteiger partial charge in [0.15, 0.2) is 0 Å². The first-order chi connectivity index (χ1) is 55.0. The fourth-order valence-electron chi connectivity index (χ4n) is 16.4. The number of hydrogen-bond donors (Lipinski definition) is 0. The maximum absolute atomic E-state index is 3.69. The molecule has 3 nitrogen and oxygen atoms in total. The van der Waals surface area contributed by atoms with E-state index < -0.39 is 0 Å². The van der Waals surface area contributed by atoms with Crippen molar-refractivity contribution < 1.29 is 0 Å². The van der Waals surface area contributed by atoms with Crippen LogP contribution in [-0.4, -0.2) is 9.13 Å². The van der Waals surface area contributed by atoms with Gasteiger partial charge in [-0.1, -0.05) is 303 Å². The number of halogens is 1. The minimum Gasteiger partial charge on any atom is -0.310 e. The highest BCUT2D eigenvalue weighted by atomic mass is 79.9. The molecule has 0 spiro atoms. The van der Waals surface area contributed by atoms with Crippen molar-refractivity contribution in [3.8, 4) is 44.8 Å². The zero-order valence-corrected chi connectivity index (χ0v) is 63.6. The topological polar surface area (TPSA) is 13.1 Å². The lowest BCUT2D eigenvalue weighted by molar-refractivity contribution is 1.20. The highest BCUT2D eigenvalue weighted by molar-refractivity contribution is 9.12. The minimum absolute atomic E-state index is 0.971. The Balaban J connectivity index is 0.000000120. The third-order valence-corrected chi connectivity index (χ3v) is 24.6. The number of aromatic nitrogens is 2. The van der Waals surface area contributed by atoms with Crippen LogP contribution >= 0.6 is 38.6 Å². The van der Waals surface area contributed by atoms with E-state index in [1.165, 1.54) is 173 Å². The summed E-state index contributed by atoms with van der Waals surface area (Å²) in [5.41, 5.74) is 23.0. The zero-order chi connectivity index (χ0) is 73.7. The van der Waals surface area contributed by atoms with Crippen molar-refractivity contribution >= 4 is 167 Å². The molecule has 17 aromatic carbocycles. The number of allylic oxidation sites excluding steroid dienone is 6. The van der Waals surface area contributed by atoms with Gasteiger partial charge in [0.1, 0.15) is 22.2 Å². The SMILES string of the molecule is BrC1=C(c2ccc3c4ccccc4n(-c4cccc5ccccc45)c3c2)C=C[C+]=C1.c1ccc(-c2ccc(Cc3ccc4c(c3)sc3ccccc34)cc2)cc1.c1ccc(-c2ccc(N(c3ccc4c(c3)sc3ccccc34)c3ccccc3-c3ccc4c5ccccc5n(-c5cccc6ccccc56)c4c3)cc2)cc1. The standard InChI is InChI=1S/C52H34N2S.C28H17BrN.C25H18S/c1-2-13-35(14-3-1)36-25-28-39(29-26-36)53(40-30-32-46-45-20-8-11-24-51(45)55-52(46)34-40)47-21-9-6-18-42(47)38-27-31-44-43-19-7-10-22-49(43)54(50(44)33-38)48-23-12-16-37-15-4-5-17-41(37)48;29-25-13-5-3-10-21(25)20-16-17-24-23-12-4-6-14-27(23)30(28(24)18-20)26-15-7-9-19-8-1-2-11-22(19)26;1-2-6-20(7-3-1)21-13-10-18(11-14-21)16-19-12-15-23-22-8-4-5-9-24(22)26-25(23)17-19/h1-34H;1-4,6-18H;1-15,17H,16H2/q;+1;. The molecule has 22 rings (SSSR count). The number of para-hydroxylation sites is 3. The van der Waals surface area contributed by atoms with E-state index >= 15 is 0 Å². The van der Waals surface area contributed by atoms with Crippen molar-refractivity contribution in [3.05, 3.63) is 434 Å². The Morgan fingerprint density at radius 1 is 0.288 bits per heavy atom. The van der Waals surface area contributed by atoms with E-state index in [9.17, 15) is 0 Å². The summed E-state index contributed by atoms with van der Waals surface area (Å²) in [6.45, 7) is 0. The Morgan fingerprint density at radius 3 is 1.30 bits per heavy atom. The van der Waals surface area contributed by atoms with Crippen LogP contribution in [0.25, 0.3) is 156 Å². The van der Waals surface area contributed by atoms with E-state index in [-0.39, 0.29) is 0 Å². The van der Waals surface area contributed by atoms with Gasteiger partial charge in [0, 0.05) is 117 Å². The average molecular weight is 1520 g/mol. The highest BCUT2D eigenvalue weighted by Crippen LogP contribution is 2.47. The summed E-state index contributed by atoms with van der Waals surface area (Å²) >= 11 is 7.43. The zero-order valence-electron chi connectivity index (χ0n) is 60.4. The Bertz CT molecular complexity index is 7230. The highest BCUT2D eigenvalue weighted by Gasteiger charge is 2.23. The molecule has 0 aliphatic heterocycles. The second-order valence-corrected chi connectivity index (χ2v) is 31.3. The normalized spacial score (nSPS) is 12.0. The van der Waals surface area contributed by atoms with Crippen LogP contribution in [0.4, 0.5) is 17.1 Å². The number of hydrogen-bond acceptors (Lipinski definition) is 3. The summed E-state index contributed by atoms with van der Waals surface area (Å²) in [5.74, 6) is 0. The largest absolute Gasteiger partial charge is 0.310 e. The molecule has 0 amide bonds. The summed E-state index contributed by atoms with van der Waals surface area (Å²) < 4.78 is 11.2. The van der Waals surface area contributed by atoms with Gasteiger partial charge >= 0.3 is 0 Å². The molecule has 0 atom stereocenters. The number of benzene rings is 17. The van der Waals surface area contributed by atoms with Gasteiger partial charge in [0.25, 0.3) is 0 Å². The average Bonchev–Trinajstić information content (AvgIpc) is 1.61. The molecular formula is C105H69BrN3S2+. The van der Waals surface area contributed by atoms with Crippen LogP contribution in [0.5, 0.6) is 0 Å². The molecule has 0 saturated heterocycles. The van der Waals surface area contributed by atoms with Crippen molar-refractivity contribution in [2.75, 3.05) is 4.90 Å². The third-order valence-electron chi connectivity index (χ3n) is 21.7. The van der Waals surface area contributed by atoms with Crippen molar-refractivity contribution in [2.45, 2.75) is 6.42 Å². The van der Waals surface area contributed by atoms with Gasteiger partial charge in [-0.3, -0.25) is 0 Å². The summed E-state index contributed by atoms with van der Waals surface area (Å²) in [4.78, 5) is 2.43. The molecule has 0 bridgehead atoms. The Kier molecular flexibility index (Phi) is 17.5. The maximum Gasteiger partial charge on any atom is 0.137 e. The van der Waals surface area contributed by atoms with Crippen LogP contribution < -0.4 is 4.90 Å². The van der Waals surface area contributed by atoms with Crippen LogP contribution in [0.1, 0.15) is 16.7 Å². The molecular weight excluding hydrogens is 1450 g/mol. The molecule has 0 fully saturated rings. The summed E-state index contributed by atoms with van der Waals surface area (Å²) in [7, 11) is 0. The molecule has 1 aliphatic rings. The number of rotatable bonds is 11. The van der Waals surface area contributed by atoms with Gasteiger partial charge in [0.05, 0.1) is 45.2 Å². The Morgan fingerprint density at radius 2 is 0.703 bits per heavy atom. The molecule has 522 valence electrons. The fraction of sp³-hybridized carbons (Fsp3) is 0.00952. The van der Waals surface area contributed by atoms with E-state index in [0.717, 1.165) is 28.0 Å². The molecule has 0 radical (unpaired) electrons. The Hall–Kier alpha value is -13.3. The lowest BCUT2D eigenvalue weighted by Gasteiger charge is -2.28. The molecule has 6 heteroatoms. The van der Waals surface area contributed by atoms with Gasteiger partial charge in [-0.25, -0.2) is 0 Å². The molecule has 0 saturated carbocycles. The summed E-state index contributed by atoms with van der Waals surface area (Å²) in [6, 6.07) is 141. The predicted octanol–water partition coefficient (Wildman–Crippen LogP) is 30.4. The number of nitrogens with zero attached hydrogens (tertiary/aromatic N) is 3. The first-order valence-corrected chi connectivity index (χ1v) is 40.1. The molecule has 0 unspecified atom stereocenters. The van der Waals surface area contributed by atoms with Crippen molar-refractivity contribution in [1.82, 2.24) is 9.13 Å². The molecule has 1 aliphatic carbocycles. The smallest absolute Gasteiger partial charge is 0.137 e. The molecule has 4 aromatic heterocycles. The molecule has 111 heavy (non-hydrogen) atoms. The first-order valence-electron chi connectivity index (χ1n) is 37.7. The van der Waals surface area contributed by atoms with Crippen molar-refractivity contribution in [1.29, 1.82) is 0 Å². The third kappa shape index (κ3) is 12.6. The lowest BCUT2D eigenvalue weighted by atomic mass is 9.99. The number of fused-ring (bicyclic) bond motifs is 14. The van der Waals surface area contributed by atoms with Gasteiger partial charge in [-0.2, -0.15) is 0 Å². The molecule has 0 N–H and O–H groups in total. The quantitative estimate of drug-likeness (QED) is 0.118. The molecule has 21 aromatic rings. The van der Waals surface area contributed by atoms with E-state index in [1.807, 2.05) is 34.8 Å². The van der Waals surface area contributed by atoms with E-state index in [4.69, 9.17) is 0 Å². The summed E-state index contributed by atoms with van der Waals surface area (Å²) in [6.07, 6.45) is 10.1. The number of thiophene rings is 2. The van der Waals surface area contributed by atoms with Crippen molar-refractivity contribution in [3.63, 3.8) is 0 Å². The molecule has 4 heterocycles. The van der Waals surface area contributed by atoms with Crippen molar-refractivity contribution in [2.24, 2.45) is 0 Å². The summed E-state index contributed by atoms with van der Waals surface area (Å²) in [5, 5.41) is 15.3. The van der Waals surface area contributed by atoms with E-state index in [2.05, 4.69) is 430 Å². The first kappa shape index (κ1) is 67.1. The predicted molar refractivity (Wildman–Crippen MR) is 482 cm³/mol. The fourth-order valence-corrected chi connectivity index (χ4v) is 19.2. The van der Waals surface area contributed by atoms with Crippen LogP contribution in [-0.2, 0) is 6.42 Å². The van der Waals surface area contributed by atoms with E-state index in [0.29, 0.717) is 0 Å². The van der Waals surface area contributed by atoms with Crippen LogP contribution in [0.2, 0.25) is 0 Å². The van der Waals surface area contributed by atoms with Crippen LogP contribution in [0.15, 0.2) is 411 Å². The lowest BCUT2D eigenvalue weighted by Crippen LogP contribution is -2.11. The maximum atomic E-state index is 3.69. The monoisotopic (exact) mass is 1510 g/mol. The van der Waals surface area contributed by atoms with Gasteiger partial charge < -0.3 is 14.0 Å². The van der Waals surface area contributed by atoms with Crippen LogP contribution in [0, 0.1) is 6.08 Å². The van der Waals surface area contributed by atoms with Crippen LogP contribution in [0.3, 0.4) is 0 Å². The van der Waals surface area contributed by atoms with Gasteiger partial charge in [0.2, 0.25) is 0 Å². The van der Waals surface area contributed by atoms with Gasteiger partial charge in [-0.15, -0.1) is 22.7 Å². The number of anilines is 3. The Labute approximate surface area is 660 Å². The second-order valence-electron chi connectivity index (χ2n) is 28.3. The van der Waals surface area contributed by atoms with Gasteiger partial charge in [-0.05, 0) is 141 Å². The minimum atomic E-state index is 0.971.